The van der Waals surface area contributed by atoms with E-state index < -0.39 is 8.46 Å². The number of carbonyl (C=O) groups excluding carboxylic acids is 2. The number of allylic oxidation sites excluding steroid dienone is 2. The first-order valence-corrected chi connectivity index (χ1v) is 9.09. The zero-order chi connectivity index (χ0) is 18.1. The van der Waals surface area contributed by atoms with Crippen molar-refractivity contribution in [3.8, 4) is 11.1 Å². The van der Waals surface area contributed by atoms with Gasteiger partial charge in [0.2, 0.25) is 11.1 Å². The summed E-state index contributed by atoms with van der Waals surface area (Å²) in [7, 11) is -0.986. The van der Waals surface area contributed by atoms with Gasteiger partial charge < -0.3 is 0 Å². The van der Waals surface area contributed by atoms with Gasteiger partial charge in [-0.3, -0.25) is 9.59 Å². The summed E-state index contributed by atoms with van der Waals surface area (Å²) in [5, 5.41) is 0.0684. The minimum absolute atomic E-state index is 0.0684. The van der Waals surface area contributed by atoms with Crippen LogP contribution in [0.15, 0.2) is 84.2 Å². The van der Waals surface area contributed by atoms with Crippen molar-refractivity contribution in [2.24, 2.45) is 0 Å². The van der Waals surface area contributed by atoms with Crippen molar-refractivity contribution in [1.82, 2.24) is 0 Å². The molecule has 1 aliphatic rings. The second-order valence-corrected chi connectivity index (χ2v) is 6.67. The molecule has 1 unspecified atom stereocenters. The molecule has 4 heteroatoms. The molecular weight excluding hydrogens is 343 g/mol. The van der Waals surface area contributed by atoms with Gasteiger partial charge in [0, 0.05) is 11.1 Å². The average Bonchev–Trinajstić information content (AvgIpc) is 2.71. The lowest BCUT2D eigenvalue weighted by Crippen LogP contribution is -2.20. The Morgan fingerprint density at radius 1 is 0.577 bits per heavy atom. The summed E-state index contributed by atoms with van der Waals surface area (Å²) < 4.78 is 11.8. The SMILES string of the molecule is O=[PH+]C1=C(c2ccccc2)C(=O)c2c(cccc2-c2ccccc2)C1=O. The van der Waals surface area contributed by atoms with E-state index in [1.807, 2.05) is 42.5 Å². The summed E-state index contributed by atoms with van der Waals surface area (Å²) in [5.74, 6) is -0.604. The third kappa shape index (κ3) is 2.54. The van der Waals surface area contributed by atoms with E-state index in [9.17, 15) is 14.2 Å². The molecule has 0 saturated heterocycles. The summed E-state index contributed by atoms with van der Waals surface area (Å²) in [5.41, 5.74) is 3.12. The van der Waals surface area contributed by atoms with E-state index in [0.717, 1.165) is 5.56 Å². The quantitative estimate of drug-likeness (QED) is 0.608. The highest BCUT2D eigenvalue weighted by Gasteiger charge is 2.39. The lowest BCUT2D eigenvalue weighted by Gasteiger charge is -2.18. The molecule has 0 aromatic heterocycles. The van der Waals surface area contributed by atoms with Crippen molar-refractivity contribution in [2.45, 2.75) is 0 Å². The number of carbonyl (C=O) groups is 2. The topological polar surface area (TPSA) is 51.2 Å². The van der Waals surface area contributed by atoms with Gasteiger partial charge in [0.05, 0.1) is 5.57 Å². The normalized spacial score (nSPS) is 13.8. The van der Waals surface area contributed by atoms with E-state index in [1.54, 1.807) is 36.4 Å². The second-order valence-electron chi connectivity index (χ2n) is 5.97. The van der Waals surface area contributed by atoms with Gasteiger partial charge in [-0.25, -0.2) is 0 Å². The van der Waals surface area contributed by atoms with Crippen molar-refractivity contribution in [1.29, 1.82) is 0 Å². The smallest absolute Gasteiger partial charge is 0.288 e. The molecule has 0 radical (unpaired) electrons. The van der Waals surface area contributed by atoms with Crippen LogP contribution < -0.4 is 0 Å². The van der Waals surface area contributed by atoms with Crippen molar-refractivity contribution in [3.63, 3.8) is 0 Å². The Balaban J connectivity index is 2.01. The van der Waals surface area contributed by atoms with Crippen LogP contribution in [0.2, 0.25) is 0 Å². The molecule has 0 fully saturated rings. The van der Waals surface area contributed by atoms with Gasteiger partial charge in [0.25, 0.3) is 0 Å². The molecule has 1 aliphatic carbocycles. The first-order valence-electron chi connectivity index (χ1n) is 8.18. The van der Waals surface area contributed by atoms with Gasteiger partial charge in [0.15, 0.2) is 5.78 Å². The fraction of sp³-hybridized carbons (Fsp3) is 0. The second kappa shape index (κ2) is 6.62. The number of hydrogen-bond donors (Lipinski definition) is 0. The van der Waals surface area contributed by atoms with Crippen LogP contribution in [0.1, 0.15) is 26.3 Å². The molecule has 0 amide bonds. The number of Topliss-reactive ketones (excluding diaryl/α,β-unsaturated/α-hetero) is 2. The average molecular weight is 357 g/mol. The van der Waals surface area contributed by atoms with Gasteiger partial charge >= 0.3 is 8.46 Å². The van der Waals surface area contributed by atoms with E-state index in [-0.39, 0.29) is 22.5 Å². The largest absolute Gasteiger partial charge is 0.368 e. The molecule has 0 aliphatic heterocycles. The van der Waals surface area contributed by atoms with Crippen LogP contribution in [-0.2, 0) is 4.57 Å². The lowest BCUT2D eigenvalue weighted by molar-refractivity contribution is 0.0998. The Bertz CT molecular complexity index is 1070. The standard InChI is InChI=1S/C22H13O3P/c23-20-17-13-7-12-16(14-8-3-1-4-9-14)19(17)21(24)18(22(20)26-25)15-10-5-2-6-11-15/h1-13H/p+1. The Morgan fingerprint density at radius 2 is 1.15 bits per heavy atom. The van der Waals surface area contributed by atoms with Gasteiger partial charge in [-0.2, -0.15) is 0 Å². The van der Waals surface area contributed by atoms with Gasteiger partial charge in [-0.15, -0.1) is 0 Å². The Kier molecular flexibility index (Phi) is 4.16. The van der Waals surface area contributed by atoms with Crippen molar-refractivity contribution < 1.29 is 14.2 Å². The van der Waals surface area contributed by atoms with Crippen LogP contribution in [0.25, 0.3) is 16.7 Å². The summed E-state index contributed by atoms with van der Waals surface area (Å²) in [4.78, 5) is 26.3. The van der Waals surface area contributed by atoms with E-state index in [4.69, 9.17) is 0 Å². The first kappa shape index (κ1) is 16.3. The van der Waals surface area contributed by atoms with E-state index in [0.29, 0.717) is 22.3 Å². The molecule has 3 nitrogen and oxygen atoms in total. The van der Waals surface area contributed by atoms with Crippen LogP contribution >= 0.6 is 8.46 Å². The van der Waals surface area contributed by atoms with Crippen LogP contribution in [0, 0.1) is 0 Å². The number of rotatable bonds is 3. The van der Waals surface area contributed by atoms with E-state index >= 15 is 0 Å². The molecule has 0 spiro atoms. The summed E-state index contributed by atoms with van der Waals surface area (Å²) in [6, 6.07) is 23.7. The van der Waals surface area contributed by atoms with Crippen LogP contribution in [-0.4, -0.2) is 11.6 Å². The highest BCUT2D eigenvalue weighted by atomic mass is 31.1. The van der Waals surface area contributed by atoms with E-state index in [1.165, 1.54) is 0 Å². The van der Waals surface area contributed by atoms with Crippen LogP contribution in [0.5, 0.6) is 0 Å². The van der Waals surface area contributed by atoms with E-state index in [2.05, 4.69) is 0 Å². The fourth-order valence-corrected chi connectivity index (χ4v) is 3.90. The summed E-state index contributed by atoms with van der Waals surface area (Å²) >= 11 is 0. The van der Waals surface area contributed by atoms with Gasteiger partial charge in [-0.1, -0.05) is 83.4 Å². The van der Waals surface area contributed by atoms with Crippen LogP contribution in [0.3, 0.4) is 0 Å². The molecule has 124 valence electrons. The maximum absolute atomic E-state index is 13.4. The van der Waals surface area contributed by atoms with Crippen LogP contribution in [0.4, 0.5) is 0 Å². The molecule has 0 heterocycles. The monoisotopic (exact) mass is 357 g/mol. The lowest BCUT2D eigenvalue weighted by atomic mass is 9.82. The number of fused-ring (bicyclic) bond motifs is 1. The minimum atomic E-state index is -0.986. The molecule has 3 aromatic rings. The molecule has 26 heavy (non-hydrogen) atoms. The zero-order valence-corrected chi connectivity index (χ0v) is 14.7. The van der Waals surface area contributed by atoms with Gasteiger partial charge in [0.1, 0.15) is 0 Å². The molecule has 0 bridgehead atoms. The third-order valence-electron chi connectivity index (χ3n) is 4.49. The molecular formula is C22H14O3P+. The zero-order valence-electron chi connectivity index (χ0n) is 13.7. The third-order valence-corrected chi connectivity index (χ3v) is 5.17. The highest BCUT2D eigenvalue weighted by molar-refractivity contribution is 7.32. The molecule has 0 saturated carbocycles. The predicted octanol–water partition coefficient (Wildman–Crippen LogP) is 5.17. The Morgan fingerprint density at radius 3 is 1.77 bits per heavy atom. The maximum Gasteiger partial charge on any atom is 0.368 e. The first-order chi connectivity index (χ1) is 12.7. The van der Waals surface area contributed by atoms with Crippen molar-refractivity contribution >= 4 is 25.6 Å². The minimum Gasteiger partial charge on any atom is -0.288 e. The number of benzene rings is 3. The van der Waals surface area contributed by atoms with Gasteiger partial charge in [-0.05, 0) is 16.7 Å². The number of hydrogen-bond acceptors (Lipinski definition) is 3. The highest BCUT2D eigenvalue weighted by Crippen LogP contribution is 2.40. The number of ketones is 2. The van der Waals surface area contributed by atoms with Crippen molar-refractivity contribution in [3.05, 3.63) is 101 Å². The molecule has 4 rings (SSSR count). The molecule has 0 N–H and O–H groups in total. The summed E-state index contributed by atoms with van der Waals surface area (Å²) in [6.45, 7) is 0. The summed E-state index contributed by atoms with van der Waals surface area (Å²) in [6.07, 6.45) is 0. The fourth-order valence-electron chi connectivity index (χ4n) is 3.31. The van der Waals surface area contributed by atoms with Crippen molar-refractivity contribution in [2.75, 3.05) is 0 Å². The predicted molar refractivity (Wildman–Crippen MR) is 103 cm³/mol. The Hall–Kier alpha value is -3.16. The molecule has 1 atom stereocenters. The maximum atomic E-state index is 13.4. The molecule has 3 aromatic carbocycles. The Labute approximate surface area is 152 Å².